The second kappa shape index (κ2) is 6.56. The van der Waals surface area contributed by atoms with E-state index in [1.165, 1.54) is 28.1 Å². The highest BCUT2D eigenvalue weighted by Crippen LogP contribution is 2.46. The van der Waals surface area contributed by atoms with E-state index in [1.54, 1.807) is 0 Å². The Hall–Kier alpha value is -3.46. The fourth-order valence-electron chi connectivity index (χ4n) is 4.60. The average molecular weight is 377 g/mol. The van der Waals surface area contributed by atoms with Crippen molar-refractivity contribution in [3.63, 3.8) is 0 Å². The van der Waals surface area contributed by atoms with E-state index in [2.05, 4.69) is 115 Å². The van der Waals surface area contributed by atoms with Crippen LogP contribution in [0, 0.1) is 0 Å². The second-order valence-corrected chi connectivity index (χ2v) is 8.06. The predicted molar refractivity (Wildman–Crippen MR) is 122 cm³/mol. The highest BCUT2D eigenvalue weighted by atomic mass is 15.2. The molecule has 0 N–H and O–H groups in total. The first-order valence-electron chi connectivity index (χ1n) is 9.93. The highest BCUT2D eigenvalue weighted by Gasteiger charge is 2.37. The molecular weight excluding hydrogens is 354 g/mol. The van der Waals surface area contributed by atoms with Gasteiger partial charge in [-0.25, -0.2) is 0 Å². The fourth-order valence-corrected chi connectivity index (χ4v) is 4.60. The van der Waals surface area contributed by atoms with Crippen molar-refractivity contribution in [1.29, 1.82) is 0 Å². The molecule has 0 atom stereocenters. The van der Waals surface area contributed by atoms with Gasteiger partial charge in [0.05, 0.1) is 6.21 Å². The van der Waals surface area contributed by atoms with Crippen LogP contribution in [0.5, 0.6) is 0 Å². The van der Waals surface area contributed by atoms with Crippen molar-refractivity contribution in [3.8, 4) is 11.1 Å². The Balaban J connectivity index is 1.50. The molecule has 1 aliphatic heterocycles. The van der Waals surface area contributed by atoms with Crippen LogP contribution in [0.3, 0.4) is 0 Å². The minimum absolute atomic E-state index is 0.0585. The quantitative estimate of drug-likeness (QED) is 0.320. The molecule has 3 heteroatoms. The maximum atomic E-state index is 4.61. The lowest BCUT2D eigenvalue weighted by molar-refractivity contribution is 0.641. The first-order chi connectivity index (χ1) is 14.1. The Kier molecular flexibility index (Phi) is 3.99. The first kappa shape index (κ1) is 17.6. The normalized spacial score (nSPS) is 17.6. The van der Waals surface area contributed by atoms with Gasteiger partial charge in [-0.2, -0.15) is 5.10 Å². The largest absolute Gasteiger partial charge is 0.347 e. The lowest BCUT2D eigenvalue weighted by atomic mass is 9.84. The molecule has 0 spiro atoms. The van der Waals surface area contributed by atoms with E-state index in [1.807, 2.05) is 6.21 Å². The Bertz CT molecular complexity index is 1150. The van der Waals surface area contributed by atoms with Crippen LogP contribution in [0.25, 0.3) is 11.1 Å². The lowest BCUT2D eigenvalue weighted by Crippen LogP contribution is -2.23. The van der Waals surface area contributed by atoms with Crippen molar-refractivity contribution in [1.82, 2.24) is 0 Å². The SMILES string of the molecule is CN1/C(=C/C=N\N=C2c3ccccc3-c3ccccc32)C(C)(C)c2ccccc21. The van der Waals surface area contributed by atoms with Crippen molar-refractivity contribution in [2.75, 3.05) is 11.9 Å². The van der Waals surface area contributed by atoms with Crippen LogP contribution in [-0.4, -0.2) is 19.0 Å². The van der Waals surface area contributed by atoms with E-state index < -0.39 is 0 Å². The van der Waals surface area contributed by atoms with Gasteiger partial charge in [-0.15, -0.1) is 5.10 Å². The zero-order valence-corrected chi connectivity index (χ0v) is 16.9. The first-order valence-corrected chi connectivity index (χ1v) is 9.93. The summed E-state index contributed by atoms with van der Waals surface area (Å²) in [5.74, 6) is 0. The Morgan fingerprint density at radius 1 is 0.759 bits per heavy atom. The standard InChI is InChI=1S/C26H23N3/c1-26(2)22-14-8-9-15-23(22)29(3)24(26)16-17-27-28-25-20-12-6-4-10-18(20)19-11-5-7-13-21(19)25/h4-17H,1-3H3/b24-16+,27-17-. The van der Waals surface area contributed by atoms with Crippen molar-refractivity contribution < 1.29 is 0 Å². The van der Waals surface area contributed by atoms with Gasteiger partial charge in [-0.3, -0.25) is 0 Å². The maximum absolute atomic E-state index is 4.61. The van der Waals surface area contributed by atoms with E-state index in [0.717, 1.165) is 16.8 Å². The molecule has 0 aromatic heterocycles. The van der Waals surface area contributed by atoms with E-state index >= 15 is 0 Å². The summed E-state index contributed by atoms with van der Waals surface area (Å²) in [5.41, 5.74) is 9.42. The Labute approximate surface area is 171 Å². The monoisotopic (exact) mass is 377 g/mol. The molecule has 0 fully saturated rings. The zero-order chi connectivity index (χ0) is 20.0. The molecular formula is C26H23N3. The maximum Gasteiger partial charge on any atom is 0.101 e. The molecule has 0 radical (unpaired) electrons. The van der Waals surface area contributed by atoms with Gasteiger partial charge in [0.1, 0.15) is 5.71 Å². The third-order valence-corrected chi connectivity index (χ3v) is 6.05. The minimum Gasteiger partial charge on any atom is -0.347 e. The molecule has 2 aliphatic rings. The summed E-state index contributed by atoms with van der Waals surface area (Å²) in [4.78, 5) is 2.24. The Morgan fingerprint density at radius 3 is 1.93 bits per heavy atom. The number of benzene rings is 3. The third kappa shape index (κ3) is 2.65. The van der Waals surface area contributed by atoms with Gasteiger partial charge in [0.25, 0.3) is 0 Å². The van der Waals surface area contributed by atoms with Gasteiger partial charge in [-0.1, -0.05) is 80.6 Å². The van der Waals surface area contributed by atoms with Crippen LogP contribution in [0.15, 0.2) is 94.8 Å². The summed E-state index contributed by atoms with van der Waals surface area (Å²) in [6.07, 6.45) is 3.90. The summed E-state index contributed by atoms with van der Waals surface area (Å²) >= 11 is 0. The van der Waals surface area contributed by atoms with E-state index in [4.69, 9.17) is 0 Å². The molecule has 0 saturated heterocycles. The number of rotatable bonds is 2. The van der Waals surface area contributed by atoms with Crippen LogP contribution in [0.1, 0.15) is 30.5 Å². The van der Waals surface area contributed by atoms with E-state index in [0.29, 0.717) is 0 Å². The summed E-state index contributed by atoms with van der Waals surface area (Å²) in [5, 5.41) is 9.05. The third-order valence-electron chi connectivity index (χ3n) is 6.05. The second-order valence-electron chi connectivity index (χ2n) is 8.06. The highest BCUT2D eigenvalue weighted by molar-refractivity contribution is 6.24. The molecule has 5 rings (SSSR count). The summed E-state index contributed by atoms with van der Waals surface area (Å²) in [6, 6.07) is 25.3. The Morgan fingerprint density at radius 2 is 1.31 bits per heavy atom. The van der Waals surface area contributed by atoms with Gasteiger partial charge in [0.2, 0.25) is 0 Å². The molecule has 1 aliphatic carbocycles. The number of hydrogen-bond donors (Lipinski definition) is 0. The van der Waals surface area contributed by atoms with Gasteiger partial charge in [-0.05, 0) is 28.8 Å². The molecule has 1 heterocycles. The summed E-state index contributed by atoms with van der Waals surface area (Å²) < 4.78 is 0. The number of likely N-dealkylation sites (N-methyl/N-ethyl adjacent to an activating group) is 1. The molecule has 0 saturated carbocycles. The number of hydrogen-bond acceptors (Lipinski definition) is 3. The van der Waals surface area contributed by atoms with Crippen LogP contribution < -0.4 is 4.90 Å². The average Bonchev–Trinajstić information content (AvgIpc) is 3.16. The summed E-state index contributed by atoms with van der Waals surface area (Å²) in [6.45, 7) is 4.51. The van der Waals surface area contributed by atoms with Crippen molar-refractivity contribution in [2.45, 2.75) is 19.3 Å². The number of anilines is 1. The topological polar surface area (TPSA) is 28.0 Å². The lowest BCUT2D eigenvalue weighted by Gasteiger charge is -2.23. The zero-order valence-electron chi connectivity index (χ0n) is 16.9. The molecule has 29 heavy (non-hydrogen) atoms. The number of nitrogens with zero attached hydrogens (tertiary/aromatic N) is 3. The molecule has 0 bridgehead atoms. The van der Waals surface area contributed by atoms with Gasteiger partial charge in [0.15, 0.2) is 0 Å². The minimum atomic E-state index is -0.0585. The van der Waals surface area contributed by atoms with E-state index in [9.17, 15) is 0 Å². The number of fused-ring (bicyclic) bond motifs is 4. The van der Waals surface area contributed by atoms with Crippen LogP contribution >= 0.6 is 0 Å². The molecule has 0 unspecified atom stereocenters. The molecule has 142 valence electrons. The smallest absolute Gasteiger partial charge is 0.101 e. The van der Waals surface area contributed by atoms with Crippen LogP contribution in [0.4, 0.5) is 5.69 Å². The molecule has 0 amide bonds. The molecule has 3 nitrogen and oxygen atoms in total. The van der Waals surface area contributed by atoms with Gasteiger partial charge in [0, 0.05) is 35.0 Å². The van der Waals surface area contributed by atoms with Crippen molar-refractivity contribution >= 4 is 17.6 Å². The van der Waals surface area contributed by atoms with Crippen molar-refractivity contribution in [2.24, 2.45) is 10.2 Å². The number of allylic oxidation sites excluding steroid dienone is 2. The fraction of sp³-hybridized carbons (Fsp3) is 0.154. The van der Waals surface area contributed by atoms with E-state index in [-0.39, 0.29) is 5.41 Å². The molecule has 3 aromatic carbocycles. The predicted octanol–water partition coefficient (Wildman–Crippen LogP) is 5.80. The van der Waals surface area contributed by atoms with Crippen LogP contribution in [-0.2, 0) is 5.41 Å². The van der Waals surface area contributed by atoms with Crippen molar-refractivity contribution in [3.05, 3.63) is 101 Å². The van der Waals surface area contributed by atoms with Gasteiger partial charge < -0.3 is 4.90 Å². The molecule has 3 aromatic rings. The summed E-state index contributed by atoms with van der Waals surface area (Å²) in [7, 11) is 2.11. The van der Waals surface area contributed by atoms with Gasteiger partial charge >= 0.3 is 0 Å². The number of para-hydroxylation sites is 1. The van der Waals surface area contributed by atoms with Crippen LogP contribution in [0.2, 0.25) is 0 Å².